The van der Waals surface area contributed by atoms with E-state index in [1.807, 2.05) is 36.4 Å². The fraction of sp³-hybridized carbons (Fsp3) is 0. The number of rotatable bonds is 2. The van der Waals surface area contributed by atoms with Crippen LogP contribution in [0.2, 0.25) is 0 Å². The summed E-state index contributed by atoms with van der Waals surface area (Å²) in [5.74, 6) is -0.0730. The van der Waals surface area contributed by atoms with Crippen LogP contribution in [-0.4, -0.2) is 30.3 Å². The first-order chi connectivity index (χ1) is 10.7. The number of carbonyl (C=O) groups is 1. The van der Waals surface area contributed by atoms with Crippen LogP contribution < -0.4 is 4.43 Å². The maximum absolute atomic E-state index is 12.6. The molecule has 0 spiro atoms. The zero-order valence-electron chi connectivity index (χ0n) is 11.4. The van der Waals surface area contributed by atoms with Gasteiger partial charge in [0.25, 0.3) is 0 Å². The zero-order chi connectivity index (χ0) is 15.1. The Morgan fingerprint density at radius 1 is 1.05 bits per heavy atom. The Morgan fingerprint density at radius 2 is 1.91 bits per heavy atom. The summed E-state index contributed by atoms with van der Waals surface area (Å²) >= 11 is -0.257. The fourth-order valence-corrected chi connectivity index (χ4v) is 4.08. The van der Waals surface area contributed by atoms with Gasteiger partial charge in [0.05, 0.1) is 0 Å². The molecule has 22 heavy (non-hydrogen) atoms. The van der Waals surface area contributed by atoms with Crippen LogP contribution in [0.1, 0.15) is 15.9 Å². The summed E-state index contributed by atoms with van der Waals surface area (Å²) in [5.41, 5.74) is 2.84. The van der Waals surface area contributed by atoms with Crippen molar-refractivity contribution in [3.05, 3.63) is 75.1 Å². The first kappa shape index (κ1) is 13.2. The number of hydrogen-bond acceptors (Lipinski definition) is 3. The van der Waals surface area contributed by atoms with Crippen LogP contribution in [-0.2, 0) is 0 Å². The quantitative estimate of drug-likeness (QED) is 0.445. The summed E-state index contributed by atoms with van der Waals surface area (Å²) in [7, 11) is 0. The molecule has 0 aliphatic carbocycles. The summed E-state index contributed by atoms with van der Waals surface area (Å²) in [6.07, 6.45) is 1.60. The van der Waals surface area contributed by atoms with Crippen LogP contribution in [0, 0.1) is 0 Å². The molecule has 2 aromatic heterocycles. The molecule has 0 bridgehead atoms. The van der Waals surface area contributed by atoms with E-state index in [4.69, 9.17) is 0 Å². The number of H-pyrrole nitrogens is 1. The Kier molecular flexibility index (Phi) is 3.03. The molecule has 0 radical (unpaired) electrons. The Bertz CT molecular complexity index is 1080. The Morgan fingerprint density at radius 3 is 2.82 bits per heavy atom. The minimum atomic E-state index is -0.257. The Balaban J connectivity index is 1.81. The third-order valence-corrected chi connectivity index (χ3v) is 5.31. The zero-order valence-corrected chi connectivity index (χ0v) is 13.1. The molecule has 0 aliphatic heterocycles. The van der Waals surface area contributed by atoms with Crippen molar-refractivity contribution in [3.8, 4) is 0 Å². The van der Waals surface area contributed by atoms with Gasteiger partial charge in [0, 0.05) is 0 Å². The van der Waals surface area contributed by atoms with Gasteiger partial charge in [-0.15, -0.1) is 0 Å². The first-order valence-corrected chi connectivity index (χ1v) is 8.44. The van der Waals surface area contributed by atoms with E-state index in [1.54, 1.807) is 18.3 Å². The van der Waals surface area contributed by atoms with Crippen molar-refractivity contribution in [1.82, 2.24) is 9.97 Å². The predicted molar refractivity (Wildman–Crippen MR) is 86.7 cm³/mol. The fourth-order valence-electron chi connectivity index (χ4n) is 2.45. The standard InChI is InChI=1S/C17H10N2O2Se/c20-16(11-5-6-14-15(8-11)22-17(21)19-14)12-7-10-3-1-2-4-13(10)18-9-12/h1-9H,(H,19,21). The second kappa shape index (κ2) is 5.05. The van der Waals surface area contributed by atoms with Crippen molar-refractivity contribution in [2.45, 2.75) is 0 Å². The number of ketones is 1. The molecule has 0 fully saturated rings. The van der Waals surface area contributed by atoms with Gasteiger partial charge >= 0.3 is 131 Å². The normalized spacial score (nSPS) is 11.1. The van der Waals surface area contributed by atoms with Gasteiger partial charge in [-0.3, -0.25) is 0 Å². The van der Waals surface area contributed by atoms with Crippen molar-refractivity contribution in [2.24, 2.45) is 0 Å². The number of aromatic nitrogens is 2. The van der Waals surface area contributed by atoms with Crippen molar-refractivity contribution in [1.29, 1.82) is 0 Å². The number of carbonyl (C=O) groups excluding carboxylic acids is 1. The van der Waals surface area contributed by atoms with Crippen molar-refractivity contribution in [2.75, 3.05) is 0 Å². The average molecular weight is 353 g/mol. The van der Waals surface area contributed by atoms with Crippen molar-refractivity contribution < 1.29 is 4.79 Å². The molecule has 4 rings (SSSR count). The third kappa shape index (κ3) is 2.21. The topological polar surface area (TPSA) is 62.8 Å². The number of nitrogens with one attached hydrogen (secondary N) is 1. The monoisotopic (exact) mass is 354 g/mol. The van der Waals surface area contributed by atoms with Crippen LogP contribution in [0.15, 0.2) is 59.5 Å². The number of para-hydroxylation sites is 1. The number of pyridine rings is 1. The van der Waals surface area contributed by atoms with Crippen LogP contribution in [0.4, 0.5) is 0 Å². The Labute approximate surface area is 131 Å². The molecule has 0 unspecified atom stereocenters. The summed E-state index contributed by atoms with van der Waals surface area (Å²) in [6, 6.07) is 14.9. The van der Waals surface area contributed by atoms with Crippen LogP contribution >= 0.6 is 0 Å². The van der Waals surface area contributed by atoms with Gasteiger partial charge in [0.15, 0.2) is 0 Å². The second-order valence-electron chi connectivity index (χ2n) is 4.97. The molecular weight excluding hydrogens is 343 g/mol. The molecule has 0 atom stereocenters. The Hall–Kier alpha value is -2.49. The van der Waals surface area contributed by atoms with Gasteiger partial charge in [0.2, 0.25) is 0 Å². The summed E-state index contributed by atoms with van der Waals surface area (Å²) in [5, 5.41) is 0.940. The van der Waals surface area contributed by atoms with Gasteiger partial charge in [0.1, 0.15) is 0 Å². The van der Waals surface area contributed by atoms with E-state index in [2.05, 4.69) is 9.97 Å². The molecule has 0 saturated heterocycles. The average Bonchev–Trinajstić information content (AvgIpc) is 2.92. The van der Waals surface area contributed by atoms with Crippen LogP contribution in [0.3, 0.4) is 0 Å². The third-order valence-electron chi connectivity index (χ3n) is 3.54. The number of hydrogen-bond donors (Lipinski definition) is 1. The van der Waals surface area contributed by atoms with Gasteiger partial charge in [-0.05, 0) is 0 Å². The van der Waals surface area contributed by atoms with Gasteiger partial charge in [-0.2, -0.15) is 0 Å². The number of nitrogens with zero attached hydrogens (tertiary/aromatic N) is 1. The van der Waals surface area contributed by atoms with Gasteiger partial charge in [-0.1, -0.05) is 0 Å². The van der Waals surface area contributed by atoms with Crippen molar-refractivity contribution in [3.63, 3.8) is 0 Å². The summed E-state index contributed by atoms with van der Waals surface area (Å²) in [6.45, 7) is 0. The number of benzene rings is 2. The second-order valence-corrected chi connectivity index (χ2v) is 7.10. The van der Waals surface area contributed by atoms with Gasteiger partial charge in [-0.25, -0.2) is 0 Å². The van der Waals surface area contributed by atoms with Crippen LogP contribution in [0.5, 0.6) is 0 Å². The molecule has 4 nitrogen and oxygen atoms in total. The van der Waals surface area contributed by atoms with Crippen LogP contribution in [0.25, 0.3) is 20.7 Å². The van der Waals surface area contributed by atoms with E-state index >= 15 is 0 Å². The minimum absolute atomic E-state index is 0.0273. The molecule has 2 aromatic carbocycles. The number of fused-ring (bicyclic) bond motifs is 2. The molecule has 5 heteroatoms. The predicted octanol–water partition coefficient (Wildman–Crippen LogP) is 2.36. The molecule has 4 aromatic rings. The molecule has 0 amide bonds. The molecule has 106 valence electrons. The molecule has 2 heterocycles. The van der Waals surface area contributed by atoms with Crippen molar-refractivity contribution >= 4 is 41.0 Å². The summed E-state index contributed by atoms with van der Waals surface area (Å²) < 4.78 is 0.955. The SMILES string of the molecule is O=C(c1cnc2ccccc2c1)c1ccc2[nH]c(=O)[se]c2c1. The molecule has 0 aliphatic rings. The first-order valence-electron chi connectivity index (χ1n) is 6.73. The van der Waals surface area contributed by atoms with E-state index in [0.29, 0.717) is 11.1 Å². The number of aromatic amines is 1. The van der Waals surface area contributed by atoms with Gasteiger partial charge < -0.3 is 0 Å². The van der Waals surface area contributed by atoms with E-state index in [0.717, 1.165) is 20.7 Å². The van der Waals surface area contributed by atoms with E-state index in [-0.39, 0.29) is 24.7 Å². The molecule has 0 saturated carbocycles. The molecule has 1 N–H and O–H groups in total. The molecular formula is C17H10N2O2Se. The van der Waals surface area contributed by atoms with E-state index in [9.17, 15) is 9.59 Å². The van der Waals surface area contributed by atoms with E-state index < -0.39 is 0 Å². The maximum atomic E-state index is 12.6. The van der Waals surface area contributed by atoms with E-state index in [1.165, 1.54) is 0 Å². The summed E-state index contributed by atoms with van der Waals surface area (Å²) in [4.78, 5) is 31.2.